The van der Waals surface area contributed by atoms with Crippen LogP contribution in [-0.4, -0.2) is 41.5 Å². The van der Waals surface area contributed by atoms with Gasteiger partial charge in [-0.3, -0.25) is 0 Å². The number of nitrogens with one attached hydrogen (secondary N) is 1. The lowest BCUT2D eigenvalue weighted by molar-refractivity contribution is 0.211. The summed E-state index contributed by atoms with van der Waals surface area (Å²) in [4.78, 5) is 14.2. The summed E-state index contributed by atoms with van der Waals surface area (Å²) in [6.45, 7) is 12.2. The molecule has 1 fully saturated rings. The third-order valence-electron chi connectivity index (χ3n) is 3.98. The molecule has 20 heavy (non-hydrogen) atoms. The molecular weight excluding hydrogens is 250 g/mol. The molecule has 1 aliphatic heterocycles. The second kappa shape index (κ2) is 7.20. The van der Waals surface area contributed by atoms with Crippen molar-refractivity contribution >= 4 is 11.6 Å². The first kappa shape index (κ1) is 14.7. The quantitative estimate of drug-likeness (QED) is 0.662. The van der Waals surface area contributed by atoms with E-state index in [0.717, 1.165) is 24.6 Å². The van der Waals surface area contributed by atoms with Gasteiger partial charge in [0.25, 0.3) is 0 Å². The highest BCUT2D eigenvalue weighted by Gasteiger charge is 2.15. The maximum atomic E-state index is 6.97. The summed E-state index contributed by atoms with van der Waals surface area (Å²) >= 11 is 0. The molecule has 0 aliphatic carbocycles. The molecule has 1 aromatic rings. The number of aromatic nitrogens is 2. The second-order valence-corrected chi connectivity index (χ2v) is 5.59. The van der Waals surface area contributed by atoms with E-state index in [2.05, 4.69) is 32.1 Å². The number of likely N-dealkylation sites (tertiary alicyclic amines) is 1. The Morgan fingerprint density at radius 1 is 1.45 bits per heavy atom. The monoisotopic (exact) mass is 273 g/mol. The van der Waals surface area contributed by atoms with E-state index in [4.69, 9.17) is 6.57 Å². The second-order valence-electron chi connectivity index (χ2n) is 5.59. The first-order valence-electron chi connectivity index (χ1n) is 7.32. The van der Waals surface area contributed by atoms with Crippen LogP contribution in [-0.2, 0) is 0 Å². The normalized spacial score (nSPS) is 16.9. The molecule has 1 aliphatic rings. The summed E-state index contributed by atoms with van der Waals surface area (Å²) < 4.78 is 0. The average molecular weight is 273 g/mol. The van der Waals surface area contributed by atoms with Crippen molar-refractivity contribution in [3.8, 4) is 0 Å². The van der Waals surface area contributed by atoms with E-state index in [-0.39, 0.29) is 0 Å². The zero-order chi connectivity index (χ0) is 14.4. The van der Waals surface area contributed by atoms with Crippen molar-refractivity contribution in [2.45, 2.75) is 32.6 Å². The highest BCUT2D eigenvalue weighted by Crippen LogP contribution is 2.21. The molecule has 0 unspecified atom stereocenters. The van der Waals surface area contributed by atoms with E-state index < -0.39 is 0 Å². The molecule has 1 N–H and O–H groups in total. The van der Waals surface area contributed by atoms with E-state index in [1.807, 2.05) is 6.92 Å². The molecule has 108 valence electrons. The van der Waals surface area contributed by atoms with Gasteiger partial charge in [-0.15, -0.1) is 0 Å². The van der Waals surface area contributed by atoms with Crippen LogP contribution in [0.4, 0.5) is 11.6 Å². The third-order valence-corrected chi connectivity index (χ3v) is 3.98. The standard InChI is InChI=1S/C15H23N5/c1-12-14(16-2)11-18-15(19-12)17-8-4-5-13-6-9-20(3)10-7-13/h11,13H,4-10H2,1,3H3,(H,17,18,19). The smallest absolute Gasteiger partial charge is 0.225 e. The van der Waals surface area contributed by atoms with Gasteiger partial charge < -0.3 is 10.2 Å². The number of piperidine rings is 1. The van der Waals surface area contributed by atoms with Crippen LogP contribution in [0.25, 0.3) is 4.85 Å². The van der Waals surface area contributed by atoms with Crippen LogP contribution in [0.3, 0.4) is 0 Å². The lowest BCUT2D eigenvalue weighted by Crippen LogP contribution is -2.30. The Balaban J connectivity index is 1.68. The lowest BCUT2D eigenvalue weighted by atomic mass is 9.92. The van der Waals surface area contributed by atoms with Gasteiger partial charge in [0.05, 0.1) is 6.57 Å². The van der Waals surface area contributed by atoms with Crippen LogP contribution in [0.1, 0.15) is 31.4 Å². The van der Waals surface area contributed by atoms with E-state index >= 15 is 0 Å². The molecule has 5 nitrogen and oxygen atoms in total. The molecule has 2 rings (SSSR count). The number of anilines is 1. The Labute approximate surface area is 121 Å². The minimum atomic E-state index is 0.530. The fourth-order valence-corrected chi connectivity index (χ4v) is 2.60. The number of hydrogen-bond donors (Lipinski definition) is 1. The predicted octanol–water partition coefficient (Wildman–Crippen LogP) is 2.87. The van der Waals surface area contributed by atoms with Crippen LogP contribution in [0.15, 0.2) is 6.20 Å². The van der Waals surface area contributed by atoms with Crippen molar-refractivity contribution in [2.75, 3.05) is 32.0 Å². The topological polar surface area (TPSA) is 45.4 Å². The Kier molecular flexibility index (Phi) is 5.31. The predicted molar refractivity (Wildman–Crippen MR) is 81.0 cm³/mol. The number of rotatable bonds is 5. The van der Waals surface area contributed by atoms with E-state index in [1.165, 1.54) is 32.4 Å². The summed E-state index contributed by atoms with van der Waals surface area (Å²) in [5, 5.41) is 3.25. The van der Waals surface area contributed by atoms with E-state index in [9.17, 15) is 0 Å². The molecule has 5 heteroatoms. The van der Waals surface area contributed by atoms with Gasteiger partial charge in [-0.05, 0) is 58.7 Å². The average Bonchev–Trinajstić information content (AvgIpc) is 2.46. The maximum Gasteiger partial charge on any atom is 0.225 e. The van der Waals surface area contributed by atoms with Gasteiger partial charge in [0, 0.05) is 18.4 Å². The molecule has 1 saturated heterocycles. The molecule has 0 saturated carbocycles. The first-order valence-corrected chi connectivity index (χ1v) is 7.32. The Hall–Kier alpha value is -1.67. The molecule has 0 amide bonds. The van der Waals surface area contributed by atoms with Crippen LogP contribution < -0.4 is 5.32 Å². The number of aryl methyl sites for hydroxylation is 1. The number of hydrogen-bond acceptors (Lipinski definition) is 4. The fourth-order valence-electron chi connectivity index (χ4n) is 2.60. The first-order chi connectivity index (χ1) is 9.69. The highest BCUT2D eigenvalue weighted by molar-refractivity contribution is 5.48. The number of nitrogens with zero attached hydrogens (tertiary/aromatic N) is 4. The van der Waals surface area contributed by atoms with Crippen LogP contribution in [0, 0.1) is 19.4 Å². The van der Waals surface area contributed by atoms with Gasteiger partial charge in [-0.2, -0.15) is 0 Å². The molecule has 0 bridgehead atoms. The van der Waals surface area contributed by atoms with Crippen molar-refractivity contribution in [3.63, 3.8) is 0 Å². The van der Waals surface area contributed by atoms with E-state index in [0.29, 0.717) is 11.6 Å². The molecule has 0 spiro atoms. The van der Waals surface area contributed by atoms with E-state index in [1.54, 1.807) is 6.20 Å². The largest absolute Gasteiger partial charge is 0.354 e. The van der Waals surface area contributed by atoms with Crippen molar-refractivity contribution in [2.24, 2.45) is 5.92 Å². The summed E-state index contributed by atoms with van der Waals surface area (Å²) in [5.74, 6) is 1.51. The minimum absolute atomic E-state index is 0.530. The summed E-state index contributed by atoms with van der Waals surface area (Å²) in [5.41, 5.74) is 1.27. The zero-order valence-electron chi connectivity index (χ0n) is 12.4. The third kappa shape index (κ3) is 4.17. The SMILES string of the molecule is [C-]#[N+]c1cnc(NCCCC2CCN(C)CC2)nc1C. The molecule has 2 heterocycles. The van der Waals surface area contributed by atoms with Crippen molar-refractivity contribution < 1.29 is 0 Å². The van der Waals surface area contributed by atoms with Gasteiger partial charge in [-0.25, -0.2) is 14.8 Å². The van der Waals surface area contributed by atoms with Gasteiger partial charge in [-0.1, -0.05) is 0 Å². The molecule has 0 atom stereocenters. The lowest BCUT2D eigenvalue weighted by Gasteiger charge is -2.28. The summed E-state index contributed by atoms with van der Waals surface area (Å²) in [7, 11) is 2.20. The Morgan fingerprint density at radius 2 is 2.20 bits per heavy atom. The molecule has 0 radical (unpaired) electrons. The zero-order valence-corrected chi connectivity index (χ0v) is 12.4. The maximum absolute atomic E-state index is 6.97. The Bertz CT molecular complexity index is 472. The highest BCUT2D eigenvalue weighted by atomic mass is 15.1. The summed E-state index contributed by atoms with van der Waals surface area (Å²) in [6, 6.07) is 0. The van der Waals surface area contributed by atoms with Crippen molar-refractivity contribution in [1.29, 1.82) is 0 Å². The van der Waals surface area contributed by atoms with Gasteiger partial charge in [0.1, 0.15) is 0 Å². The minimum Gasteiger partial charge on any atom is -0.354 e. The van der Waals surface area contributed by atoms with Crippen LogP contribution in [0.2, 0.25) is 0 Å². The van der Waals surface area contributed by atoms with Gasteiger partial charge in [0.15, 0.2) is 0 Å². The molecule has 0 aromatic carbocycles. The van der Waals surface area contributed by atoms with Crippen molar-refractivity contribution in [3.05, 3.63) is 23.3 Å². The van der Waals surface area contributed by atoms with Crippen LogP contribution >= 0.6 is 0 Å². The Morgan fingerprint density at radius 3 is 2.85 bits per heavy atom. The van der Waals surface area contributed by atoms with Gasteiger partial charge in [0.2, 0.25) is 11.6 Å². The molecule has 1 aromatic heterocycles. The summed E-state index contributed by atoms with van der Waals surface area (Å²) in [6.07, 6.45) is 6.67. The van der Waals surface area contributed by atoms with Crippen molar-refractivity contribution in [1.82, 2.24) is 14.9 Å². The fraction of sp³-hybridized carbons (Fsp3) is 0.667. The molecular formula is C15H23N5. The van der Waals surface area contributed by atoms with Gasteiger partial charge >= 0.3 is 0 Å². The van der Waals surface area contributed by atoms with Crippen LogP contribution in [0.5, 0.6) is 0 Å².